The number of allylic oxidation sites excluding steroid dienone is 1. The second-order valence-corrected chi connectivity index (χ2v) is 10.5. The van der Waals surface area contributed by atoms with E-state index in [4.69, 9.17) is 9.47 Å². The van der Waals surface area contributed by atoms with E-state index < -0.39 is 0 Å². The van der Waals surface area contributed by atoms with Crippen molar-refractivity contribution in [2.24, 2.45) is 34.5 Å². The predicted molar refractivity (Wildman–Crippen MR) is 102 cm³/mol. The van der Waals surface area contributed by atoms with E-state index in [-0.39, 0.29) is 11.9 Å². The summed E-state index contributed by atoms with van der Waals surface area (Å²) in [4.78, 5) is 0. The quantitative estimate of drug-likeness (QED) is 0.690. The molecule has 1 unspecified atom stereocenters. The maximum Gasteiger partial charge on any atom is 0.169 e. The Morgan fingerprint density at radius 2 is 1.73 bits per heavy atom. The lowest BCUT2D eigenvalue weighted by Gasteiger charge is -2.58. The SMILES string of the molecule is CC1(C2CC[C@H]3[C@@H]4CC=C5C[C@@H](O)CC[C@]5(C)[C@H]4CC[C@]23C)OCCO1. The molecule has 3 nitrogen and oxygen atoms in total. The number of fused-ring (bicyclic) bond motifs is 5. The van der Waals surface area contributed by atoms with Crippen LogP contribution in [-0.2, 0) is 9.47 Å². The lowest BCUT2D eigenvalue weighted by Crippen LogP contribution is -2.53. The van der Waals surface area contributed by atoms with Crippen molar-refractivity contribution in [2.75, 3.05) is 13.2 Å². The summed E-state index contributed by atoms with van der Waals surface area (Å²) in [5.74, 6) is 2.61. The minimum absolute atomic E-state index is 0.104. The highest BCUT2D eigenvalue weighted by atomic mass is 16.7. The average Bonchev–Trinajstić information content (AvgIpc) is 3.19. The van der Waals surface area contributed by atoms with Gasteiger partial charge in [-0.05, 0) is 86.9 Å². The highest BCUT2D eigenvalue weighted by Crippen LogP contribution is 2.68. The third-order valence-corrected chi connectivity index (χ3v) is 9.57. The van der Waals surface area contributed by atoms with Crippen LogP contribution >= 0.6 is 0 Å². The molecule has 1 heterocycles. The van der Waals surface area contributed by atoms with Gasteiger partial charge >= 0.3 is 0 Å². The molecule has 3 saturated carbocycles. The first kappa shape index (κ1) is 17.7. The molecule has 1 saturated heterocycles. The Hall–Kier alpha value is -0.380. The highest BCUT2D eigenvalue weighted by molar-refractivity contribution is 5.25. The van der Waals surface area contributed by atoms with Crippen LogP contribution in [0, 0.1) is 34.5 Å². The summed E-state index contributed by atoms with van der Waals surface area (Å²) in [5, 5.41) is 10.2. The third-order valence-electron chi connectivity index (χ3n) is 9.57. The van der Waals surface area contributed by atoms with E-state index in [2.05, 4.69) is 26.8 Å². The minimum atomic E-state index is -0.356. The topological polar surface area (TPSA) is 38.7 Å². The Kier molecular flexibility index (Phi) is 3.96. The summed E-state index contributed by atoms with van der Waals surface area (Å²) in [6.45, 7) is 8.78. The van der Waals surface area contributed by atoms with Crippen molar-refractivity contribution in [3.8, 4) is 0 Å². The summed E-state index contributed by atoms with van der Waals surface area (Å²) in [7, 11) is 0. The summed E-state index contributed by atoms with van der Waals surface area (Å²) in [6, 6.07) is 0. The number of hydrogen-bond donors (Lipinski definition) is 1. The number of rotatable bonds is 1. The summed E-state index contributed by atoms with van der Waals surface area (Å²) in [5.41, 5.74) is 2.27. The Balaban J connectivity index is 1.45. The average molecular weight is 361 g/mol. The number of aliphatic hydroxyl groups excluding tert-OH is 1. The zero-order valence-corrected chi connectivity index (χ0v) is 16.8. The van der Waals surface area contributed by atoms with E-state index in [0.717, 1.165) is 43.8 Å². The van der Waals surface area contributed by atoms with Gasteiger partial charge in [0.1, 0.15) is 0 Å². The second kappa shape index (κ2) is 5.81. The first-order valence-electron chi connectivity index (χ1n) is 11.0. The normalized spacial score (nSPS) is 52.8. The van der Waals surface area contributed by atoms with Crippen molar-refractivity contribution in [1.29, 1.82) is 0 Å². The molecular formula is C23H36O3. The van der Waals surface area contributed by atoms with Gasteiger partial charge in [0, 0.05) is 5.92 Å². The van der Waals surface area contributed by atoms with Crippen molar-refractivity contribution in [3.63, 3.8) is 0 Å². The van der Waals surface area contributed by atoms with Gasteiger partial charge in [0.05, 0.1) is 19.3 Å². The van der Waals surface area contributed by atoms with Crippen molar-refractivity contribution >= 4 is 0 Å². The molecule has 0 bridgehead atoms. The fourth-order valence-corrected chi connectivity index (χ4v) is 8.23. The molecule has 5 rings (SSSR count). The molecule has 0 aromatic rings. The van der Waals surface area contributed by atoms with Gasteiger partial charge in [0.2, 0.25) is 0 Å². The zero-order chi connectivity index (χ0) is 18.2. The molecule has 0 aromatic carbocycles. The molecule has 0 radical (unpaired) electrons. The molecule has 7 atom stereocenters. The number of aliphatic hydroxyl groups is 1. The molecular weight excluding hydrogens is 324 g/mol. The Morgan fingerprint density at radius 1 is 0.962 bits per heavy atom. The van der Waals surface area contributed by atoms with Crippen molar-refractivity contribution < 1.29 is 14.6 Å². The van der Waals surface area contributed by atoms with Crippen LogP contribution in [0.25, 0.3) is 0 Å². The van der Waals surface area contributed by atoms with Crippen LogP contribution in [0.3, 0.4) is 0 Å². The van der Waals surface area contributed by atoms with Gasteiger partial charge in [-0.2, -0.15) is 0 Å². The Morgan fingerprint density at radius 3 is 2.50 bits per heavy atom. The molecule has 26 heavy (non-hydrogen) atoms. The van der Waals surface area contributed by atoms with Crippen LogP contribution in [0.5, 0.6) is 0 Å². The molecule has 0 spiro atoms. The fourth-order valence-electron chi connectivity index (χ4n) is 8.23. The van der Waals surface area contributed by atoms with Gasteiger partial charge in [0.15, 0.2) is 5.79 Å². The van der Waals surface area contributed by atoms with Gasteiger partial charge in [-0.3, -0.25) is 0 Å². The lowest BCUT2D eigenvalue weighted by atomic mass is 9.47. The minimum Gasteiger partial charge on any atom is -0.393 e. The van der Waals surface area contributed by atoms with Gasteiger partial charge in [0.25, 0.3) is 0 Å². The van der Waals surface area contributed by atoms with Crippen molar-refractivity contribution in [2.45, 2.75) is 84.0 Å². The molecule has 3 heteroatoms. The molecule has 4 fully saturated rings. The smallest absolute Gasteiger partial charge is 0.169 e. The van der Waals surface area contributed by atoms with Crippen LogP contribution in [0.2, 0.25) is 0 Å². The fraction of sp³-hybridized carbons (Fsp3) is 0.913. The Labute approximate surface area is 158 Å². The van der Waals surface area contributed by atoms with Crippen molar-refractivity contribution in [1.82, 2.24) is 0 Å². The van der Waals surface area contributed by atoms with Gasteiger partial charge < -0.3 is 14.6 Å². The standard InChI is InChI=1S/C23H36O3/c1-21-10-8-16(24)14-15(21)4-5-17-18-6-7-20(23(3)25-12-13-26-23)22(18,2)11-9-19(17)21/h4,16-20,24H,5-14H2,1-3H3/t16-,17-,18-,19-,20?,21-,22-/m0/s1. The number of hydrogen-bond acceptors (Lipinski definition) is 3. The maximum atomic E-state index is 10.2. The van der Waals surface area contributed by atoms with E-state index >= 15 is 0 Å². The van der Waals surface area contributed by atoms with Crippen LogP contribution < -0.4 is 0 Å². The summed E-state index contributed by atoms with van der Waals surface area (Å²) < 4.78 is 12.3. The van der Waals surface area contributed by atoms with E-state index in [1.54, 1.807) is 5.57 Å². The molecule has 146 valence electrons. The number of ether oxygens (including phenoxy) is 2. The first-order chi connectivity index (χ1) is 12.4. The van der Waals surface area contributed by atoms with Crippen LogP contribution in [-0.4, -0.2) is 30.2 Å². The molecule has 5 aliphatic rings. The zero-order valence-electron chi connectivity index (χ0n) is 16.8. The molecule has 1 aliphatic heterocycles. The van der Waals surface area contributed by atoms with Gasteiger partial charge in [-0.15, -0.1) is 0 Å². The van der Waals surface area contributed by atoms with E-state index in [0.29, 0.717) is 16.7 Å². The second-order valence-electron chi connectivity index (χ2n) is 10.5. The molecule has 0 amide bonds. The Bertz CT molecular complexity index is 607. The largest absolute Gasteiger partial charge is 0.393 e. The van der Waals surface area contributed by atoms with Crippen LogP contribution in [0.15, 0.2) is 11.6 Å². The first-order valence-corrected chi connectivity index (χ1v) is 11.0. The van der Waals surface area contributed by atoms with E-state index in [1.165, 1.54) is 38.5 Å². The highest BCUT2D eigenvalue weighted by Gasteiger charge is 2.62. The summed E-state index contributed by atoms with van der Waals surface area (Å²) in [6.07, 6.45) is 12.0. The molecule has 1 N–H and O–H groups in total. The van der Waals surface area contributed by atoms with Crippen molar-refractivity contribution in [3.05, 3.63) is 11.6 Å². The molecule has 4 aliphatic carbocycles. The molecule has 0 aromatic heterocycles. The summed E-state index contributed by atoms with van der Waals surface area (Å²) >= 11 is 0. The third kappa shape index (κ3) is 2.29. The lowest BCUT2D eigenvalue weighted by molar-refractivity contribution is -0.214. The van der Waals surface area contributed by atoms with E-state index in [9.17, 15) is 5.11 Å². The van der Waals surface area contributed by atoms with Crippen LogP contribution in [0.1, 0.15) is 72.1 Å². The van der Waals surface area contributed by atoms with Gasteiger partial charge in [-0.1, -0.05) is 25.5 Å². The maximum absolute atomic E-state index is 10.2. The van der Waals surface area contributed by atoms with Crippen LogP contribution in [0.4, 0.5) is 0 Å². The van der Waals surface area contributed by atoms with Gasteiger partial charge in [-0.25, -0.2) is 0 Å². The predicted octanol–water partition coefficient (Wildman–Crippen LogP) is 4.69. The monoisotopic (exact) mass is 360 g/mol. The van der Waals surface area contributed by atoms with E-state index in [1.807, 2.05) is 0 Å².